The quantitative estimate of drug-likeness (QED) is 0.681. The number of nitrogens with zero attached hydrogens (tertiary/aromatic N) is 1. The van der Waals surface area contributed by atoms with Gasteiger partial charge in [0.05, 0.1) is 6.42 Å². The SMILES string of the molecule is O=C(COC(=O)Cc1noc2ccccc12)NC(=O)Nc1ccccc1. The Morgan fingerprint density at radius 1 is 1.00 bits per heavy atom. The smallest absolute Gasteiger partial charge is 0.325 e. The number of fused-ring (bicyclic) bond motifs is 1. The van der Waals surface area contributed by atoms with Gasteiger partial charge in [0, 0.05) is 11.1 Å². The van der Waals surface area contributed by atoms with Gasteiger partial charge in [-0.15, -0.1) is 0 Å². The molecule has 3 rings (SSSR count). The third-order valence-corrected chi connectivity index (χ3v) is 3.41. The molecule has 0 aliphatic rings. The molecule has 3 aromatic rings. The van der Waals surface area contributed by atoms with E-state index in [2.05, 4.69) is 15.8 Å². The van der Waals surface area contributed by atoms with Gasteiger partial charge in [-0.3, -0.25) is 14.9 Å². The predicted molar refractivity (Wildman–Crippen MR) is 92.3 cm³/mol. The topological polar surface area (TPSA) is 111 Å². The van der Waals surface area contributed by atoms with Crippen molar-refractivity contribution in [2.24, 2.45) is 0 Å². The fourth-order valence-corrected chi connectivity index (χ4v) is 2.25. The summed E-state index contributed by atoms with van der Waals surface area (Å²) in [5.74, 6) is -1.39. The van der Waals surface area contributed by atoms with Gasteiger partial charge in [0.25, 0.3) is 5.91 Å². The third kappa shape index (κ3) is 4.44. The Bertz CT molecular complexity index is 936. The number of ether oxygens (including phenoxy) is 1. The molecule has 0 saturated heterocycles. The number of carbonyl (C=O) groups is 3. The second kappa shape index (κ2) is 7.93. The molecular formula is C18H15N3O5. The van der Waals surface area contributed by atoms with Crippen molar-refractivity contribution in [1.82, 2.24) is 10.5 Å². The first-order valence-electron chi connectivity index (χ1n) is 7.76. The monoisotopic (exact) mass is 353 g/mol. The van der Waals surface area contributed by atoms with E-state index in [1.165, 1.54) is 0 Å². The van der Waals surface area contributed by atoms with Crippen molar-refractivity contribution in [3.05, 3.63) is 60.3 Å². The number of hydrogen-bond donors (Lipinski definition) is 2. The number of imide groups is 1. The van der Waals surface area contributed by atoms with E-state index >= 15 is 0 Å². The minimum atomic E-state index is -0.739. The molecule has 1 aromatic heterocycles. The average Bonchev–Trinajstić information content (AvgIpc) is 3.04. The number of urea groups is 1. The Balaban J connectivity index is 1.45. The number of rotatable bonds is 5. The van der Waals surface area contributed by atoms with Gasteiger partial charge in [-0.25, -0.2) is 4.79 Å². The molecule has 2 aromatic carbocycles. The number of esters is 1. The van der Waals surface area contributed by atoms with Gasteiger partial charge >= 0.3 is 12.0 Å². The molecule has 0 unspecified atom stereocenters. The van der Waals surface area contributed by atoms with Gasteiger partial charge in [-0.2, -0.15) is 0 Å². The fraction of sp³-hybridized carbons (Fsp3) is 0.111. The maximum absolute atomic E-state index is 11.9. The van der Waals surface area contributed by atoms with Crippen LogP contribution in [0.2, 0.25) is 0 Å². The number of aromatic nitrogens is 1. The van der Waals surface area contributed by atoms with Gasteiger partial charge in [0.1, 0.15) is 5.69 Å². The number of benzene rings is 2. The average molecular weight is 353 g/mol. The highest BCUT2D eigenvalue weighted by molar-refractivity contribution is 6.01. The molecule has 0 fully saturated rings. The molecular weight excluding hydrogens is 338 g/mol. The molecule has 0 atom stereocenters. The molecule has 1 heterocycles. The van der Waals surface area contributed by atoms with Crippen LogP contribution < -0.4 is 10.6 Å². The zero-order valence-electron chi connectivity index (χ0n) is 13.6. The van der Waals surface area contributed by atoms with Crippen LogP contribution in [0, 0.1) is 0 Å². The molecule has 0 radical (unpaired) electrons. The molecule has 3 amide bonds. The van der Waals surface area contributed by atoms with E-state index in [1.807, 2.05) is 0 Å². The van der Waals surface area contributed by atoms with Crippen molar-refractivity contribution in [2.75, 3.05) is 11.9 Å². The van der Waals surface area contributed by atoms with Crippen molar-refractivity contribution in [1.29, 1.82) is 0 Å². The van der Waals surface area contributed by atoms with Gasteiger partial charge in [-0.1, -0.05) is 35.5 Å². The van der Waals surface area contributed by atoms with Gasteiger partial charge in [-0.05, 0) is 24.3 Å². The highest BCUT2D eigenvalue weighted by Crippen LogP contribution is 2.18. The predicted octanol–water partition coefficient (Wildman–Crippen LogP) is 2.26. The van der Waals surface area contributed by atoms with E-state index in [9.17, 15) is 14.4 Å². The summed E-state index contributed by atoms with van der Waals surface area (Å²) in [5.41, 5.74) is 1.52. The highest BCUT2D eigenvalue weighted by atomic mass is 16.5. The minimum absolute atomic E-state index is 0.138. The Kier molecular flexibility index (Phi) is 5.23. The molecule has 2 N–H and O–H groups in total. The second-order valence-corrected chi connectivity index (χ2v) is 5.33. The number of para-hydroxylation sites is 2. The number of carbonyl (C=O) groups excluding carboxylic acids is 3. The Morgan fingerprint density at radius 3 is 2.54 bits per heavy atom. The lowest BCUT2D eigenvalue weighted by Gasteiger charge is -2.07. The Morgan fingerprint density at radius 2 is 1.73 bits per heavy atom. The van der Waals surface area contributed by atoms with Crippen LogP contribution >= 0.6 is 0 Å². The van der Waals surface area contributed by atoms with Crippen LogP contribution in [0.1, 0.15) is 5.69 Å². The number of amides is 3. The van der Waals surface area contributed by atoms with E-state index in [0.717, 1.165) is 0 Å². The molecule has 0 aliphatic carbocycles. The van der Waals surface area contributed by atoms with Crippen LogP contribution in [0.25, 0.3) is 11.0 Å². The zero-order chi connectivity index (χ0) is 18.4. The lowest BCUT2D eigenvalue weighted by Crippen LogP contribution is -2.37. The minimum Gasteiger partial charge on any atom is -0.455 e. The number of anilines is 1. The summed E-state index contributed by atoms with van der Waals surface area (Å²) in [6.45, 7) is -0.573. The maximum atomic E-state index is 11.9. The summed E-state index contributed by atoms with van der Waals surface area (Å²) < 4.78 is 9.96. The molecule has 0 bridgehead atoms. The number of nitrogens with one attached hydrogen (secondary N) is 2. The maximum Gasteiger partial charge on any atom is 0.325 e. The summed E-state index contributed by atoms with van der Waals surface area (Å²) in [6.07, 6.45) is -0.138. The summed E-state index contributed by atoms with van der Waals surface area (Å²) in [5, 5.41) is 9.08. The molecule has 0 aliphatic heterocycles. The summed E-state index contributed by atoms with van der Waals surface area (Å²) >= 11 is 0. The van der Waals surface area contributed by atoms with Crippen LogP contribution in [0.3, 0.4) is 0 Å². The lowest BCUT2D eigenvalue weighted by atomic mass is 10.2. The zero-order valence-corrected chi connectivity index (χ0v) is 13.6. The van der Waals surface area contributed by atoms with E-state index in [-0.39, 0.29) is 6.42 Å². The van der Waals surface area contributed by atoms with E-state index in [0.29, 0.717) is 22.4 Å². The summed E-state index contributed by atoms with van der Waals surface area (Å²) in [6, 6.07) is 15.0. The van der Waals surface area contributed by atoms with Crippen LogP contribution in [0.15, 0.2) is 59.1 Å². The molecule has 8 heteroatoms. The Hall–Kier alpha value is -3.68. The van der Waals surface area contributed by atoms with Crippen LogP contribution in [0.4, 0.5) is 10.5 Å². The van der Waals surface area contributed by atoms with Crippen LogP contribution in [0.5, 0.6) is 0 Å². The first kappa shape index (κ1) is 17.2. The standard InChI is InChI=1S/C18H15N3O5/c22-16(20-18(24)19-12-6-2-1-3-7-12)11-25-17(23)10-14-13-8-4-5-9-15(13)26-21-14/h1-9H,10-11H2,(H2,19,20,22,24). The fourth-order valence-electron chi connectivity index (χ4n) is 2.25. The van der Waals surface area contributed by atoms with Crippen molar-refractivity contribution < 1.29 is 23.6 Å². The van der Waals surface area contributed by atoms with Crippen LogP contribution in [-0.4, -0.2) is 29.7 Å². The van der Waals surface area contributed by atoms with Gasteiger partial charge < -0.3 is 14.6 Å². The van der Waals surface area contributed by atoms with E-state index in [1.54, 1.807) is 54.6 Å². The molecule has 132 valence electrons. The summed E-state index contributed by atoms with van der Waals surface area (Å²) in [4.78, 5) is 35.2. The second-order valence-electron chi connectivity index (χ2n) is 5.33. The van der Waals surface area contributed by atoms with Crippen LogP contribution in [-0.2, 0) is 20.7 Å². The Labute approximate surface area is 148 Å². The van der Waals surface area contributed by atoms with E-state index < -0.39 is 24.5 Å². The molecule has 0 spiro atoms. The first-order chi connectivity index (χ1) is 12.6. The summed E-state index contributed by atoms with van der Waals surface area (Å²) in [7, 11) is 0. The van der Waals surface area contributed by atoms with Crippen molar-refractivity contribution in [3.8, 4) is 0 Å². The third-order valence-electron chi connectivity index (χ3n) is 3.41. The van der Waals surface area contributed by atoms with Crippen molar-refractivity contribution >= 4 is 34.6 Å². The number of hydrogen-bond acceptors (Lipinski definition) is 6. The van der Waals surface area contributed by atoms with Gasteiger partial charge in [0.15, 0.2) is 12.2 Å². The van der Waals surface area contributed by atoms with E-state index in [4.69, 9.17) is 9.26 Å². The van der Waals surface area contributed by atoms with Crippen molar-refractivity contribution in [3.63, 3.8) is 0 Å². The highest BCUT2D eigenvalue weighted by Gasteiger charge is 2.15. The van der Waals surface area contributed by atoms with Crippen molar-refractivity contribution in [2.45, 2.75) is 6.42 Å². The largest absolute Gasteiger partial charge is 0.455 e. The first-order valence-corrected chi connectivity index (χ1v) is 7.76. The van der Waals surface area contributed by atoms with Gasteiger partial charge in [0.2, 0.25) is 0 Å². The molecule has 8 nitrogen and oxygen atoms in total. The molecule has 0 saturated carbocycles. The molecule has 26 heavy (non-hydrogen) atoms. The lowest BCUT2D eigenvalue weighted by molar-refractivity contribution is -0.147. The normalized spacial score (nSPS) is 10.3.